The molecule has 2 rings (SSSR count). The summed E-state index contributed by atoms with van der Waals surface area (Å²) < 4.78 is 9.18. The van der Waals surface area contributed by atoms with Crippen LogP contribution in [0.4, 0.5) is 0 Å². The van der Waals surface area contributed by atoms with Crippen LogP contribution >= 0.6 is 23.3 Å². The third-order valence-corrected chi connectivity index (χ3v) is 3.76. The Labute approximate surface area is 103 Å². The maximum absolute atomic E-state index is 4.99. The summed E-state index contributed by atoms with van der Waals surface area (Å²) >= 11 is 2.91. The van der Waals surface area contributed by atoms with E-state index in [0.717, 1.165) is 10.9 Å². The van der Waals surface area contributed by atoms with E-state index < -0.39 is 0 Å². The van der Waals surface area contributed by atoms with E-state index >= 15 is 0 Å². The lowest BCUT2D eigenvalue weighted by Crippen LogP contribution is -1.83. The quantitative estimate of drug-likeness (QED) is 0.783. The average Bonchev–Trinajstić information content (AvgIpc) is 2.76. The minimum Gasteiger partial charge on any atom is -0.472 e. The predicted octanol–water partition coefficient (Wildman–Crippen LogP) is 3.15. The molecule has 0 N–H and O–H groups in total. The molecular formula is C11H12N2OS2. The van der Waals surface area contributed by atoms with E-state index in [9.17, 15) is 0 Å². The summed E-state index contributed by atoms with van der Waals surface area (Å²) in [6.07, 6.45) is 0. The van der Waals surface area contributed by atoms with Gasteiger partial charge in [-0.2, -0.15) is 9.36 Å². The van der Waals surface area contributed by atoms with E-state index in [1.807, 2.05) is 0 Å². The van der Waals surface area contributed by atoms with Crippen LogP contribution < -0.4 is 4.74 Å². The molecule has 0 aliphatic rings. The van der Waals surface area contributed by atoms with Gasteiger partial charge in [0.25, 0.3) is 5.19 Å². The molecule has 0 saturated heterocycles. The molecular weight excluding hydrogens is 240 g/mol. The average molecular weight is 252 g/mol. The second-order valence-electron chi connectivity index (χ2n) is 3.32. The molecule has 0 aliphatic carbocycles. The number of hydrogen-bond acceptors (Lipinski definition) is 5. The number of nitrogens with zero attached hydrogens (tertiary/aromatic N) is 2. The Morgan fingerprint density at radius 2 is 2.06 bits per heavy atom. The molecule has 0 amide bonds. The largest absolute Gasteiger partial charge is 0.472 e. The molecule has 1 aromatic carbocycles. The molecule has 2 aromatic rings. The third-order valence-electron chi connectivity index (χ3n) is 2.05. The molecule has 0 aliphatic heterocycles. The molecule has 1 heterocycles. The smallest absolute Gasteiger partial charge is 0.293 e. The van der Waals surface area contributed by atoms with E-state index in [-0.39, 0.29) is 0 Å². The van der Waals surface area contributed by atoms with Crippen molar-refractivity contribution in [3.63, 3.8) is 0 Å². The van der Waals surface area contributed by atoms with Gasteiger partial charge in [-0.05, 0) is 12.5 Å². The molecule has 0 fully saturated rings. The van der Waals surface area contributed by atoms with Gasteiger partial charge in [-0.1, -0.05) is 41.6 Å². The highest BCUT2D eigenvalue weighted by molar-refractivity contribution is 7.98. The highest BCUT2D eigenvalue weighted by Crippen LogP contribution is 2.24. The van der Waals surface area contributed by atoms with Crippen LogP contribution in [0.15, 0.2) is 29.4 Å². The Morgan fingerprint density at radius 3 is 2.69 bits per heavy atom. The van der Waals surface area contributed by atoms with Crippen LogP contribution in [0.1, 0.15) is 11.1 Å². The van der Waals surface area contributed by atoms with Crippen LogP contribution in [0.25, 0.3) is 0 Å². The normalized spacial score (nSPS) is 10.4. The number of aryl methyl sites for hydroxylation is 1. The molecule has 84 valence electrons. The van der Waals surface area contributed by atoms with Gasteiger partial charge in [-0.25, -0.2) is 0 Å². The first kappa shape index (κ1) is 11.4. The Balaban J connectivity index is 1.94. The lowest BCUT2D eigenvalue weighted by Gasteiger charge is -1.98. The Morgan fingerprint density at radius 1 is 1.31 bits per heavy atom. The summed E-state index contributed by atoms with van der Waals surface area (Å²) in [5.41, 5.74) is 2.56. The number of hydrogen-bond donors (Lipinski definition) is 0. The van der Waals surface area contributed by atoms with Crippen LogP contribution in [0.5, 0.6) is 5.19 Å². The molecule has 0 radical (unpaired) electrons. The van der Waals surface area contributed by atoms with E-state index in [1.165, 1.54) is 22.7 Å². The van der Waals surface area contributed by atoms with Gasteiger partial charge in [0, 0.05) is 17.3 Å². The Bertz CT molecular complexity index is 453. The minimum atomic E-state index is 0.617. The zero-order valence-corrected chi connectivity index (χ0v) is 10.8. The van der Waals surface area contributed by atoms with Crippen molar-refractivity contribution < 1.29 is 4.74 Å². The van der Waals surface area contributed by atoms with Gasteiger partial charge in [-0.3, -0.25) is 0 Å². The van der Waals surface area contributed by atoms with Crippen LogP contribution in [-0.2, 0) is 5.75 Å². The molecule has 5 heteroatoms. The lowest BCUT2D eigenvalue weighted by atomic mass is 10.2. The molecule has 0 spiro atoms. The van der Waals surface area contributed by atoms with Crippen molar-refractivity contribution in [1.82, 2.24) is 9.36 Å². The monoisotopic (exact) mass is 252 g/mol. The number of benzene rings is 1. The van der Waals surface area contributed by atoms with Crippen molar-refractivity contribution in [2.45, 2.75) is 17.8 Å². The van der Waals surface area contributed by atoms with Gasteiger partial charge >= 0.3 is 0 Å². The Hall–Kier alpha value is -1.07. The number of methoxy groups -OCH3 is 1. The van der Waals surface area contributed by atoms with Gasteiger partial charge in [0.1, 0.15) is 0 Å². The topological polar surface area (TPSA) is 35.0 Å². The van der Waals surface area contributed by atoms with Gasteiger partial charge in [0.05, 0.1) is 7.11 Å². The highest BCUT2D eigenvalue weighted by Gasteiger charge is 2.04. The summed E-state index contributed by atoms with van der Waals surface area (Å²) in [5, 5.41) is 1.40. The third kappa shape index (κ3) is 2.96. The molecule has 3 nitrogen and oxygen atoms in total. The van der Waals surface area contributed by atoms with Crippen molar-refractivity contribution >= 4 is 23.3 Å². The molecule has 1 aromatic heterocycles. The van der Waals surface area contributed by atoms with Crippen LogP contribution in [0.2, 0.25) is 0 Å². The van der Waals surface area contributed by atoms with E-state index in [0.29, 0.717) is 5.19 Å². The predicted molar refractivity (Wildman–Crippen MR) is 67.2 cm³/mol. The summed E-state index contributed by atoms with van der Waals surface area (Å²) in [7, 11) is 1.61. The summed E-state index contributed by atoms with van der Waals surface area (Å²) in [6, 6.07) is 8.49. The SMILES string of the molecule is COc1nc(SCc2ccc(C)cc2)ns1. The zero-order valence-electron chi connectivity index (χ0n) is 9.14. The fourth-order valence-electron chi connectivity index (χ4n) is 1.17. The molecule has 0 bridgehead atoms. The second kappa shape index (κ2) is 5.32. The first-order valence-corrected chi connectivity index (χ1v) is 6.60. The molecule has 0 saturated carbocycles. The standard InChI is InChI=1S/C11H12N2OS2/c1-8-3-5-9(6-4-8)7-15-10-12-11(14-2)16-13-10/h3-6H,7H2,1-2H3. The summed E-state index contributed by atoms with van der Waals surface area (Å²) in [6.45, 7) is 2.09. The van der Waals surface area contributed by atoms with Crippen molar-refractivity contribution in [2.24, 2.45) is 0 Å². The van der Waals surface area contributed by atoms with E-state index in [1.54, 1.807) is 18.9 Å². The van der Waals surface area contributed by atoms with Crippen molar-refractivity contribution in [3.8, 4) is 5.19 Å². The lowest BCUT2D eigenvalue weighted by molar-refractivity contribution is 0.409. The molecule has 0 unspecified atom stereocenters. The first-order chi connectivity index (χ1) is 7.78. The minimum absolute atomic E-state index is 0.617. The maximum atomic E-state index is 4.99. The summed E-state index contributed by atoms with van der Waals surface area (Å²) in [4.78, 5) is 4.21. The van der Waals surface area contributed by atoms with E-state index in [4.69, 9.17) is 4.74 Å². The second-order valence-corrected chi connectivity index (χ2v) is 4.98. The molecule has 0 atom stereocenters. The Kier molecular flexibility index (Phi) is 3.79. The fourth-order valence-corrected chi connectivity index (χ4v) is 2.59. The van der Waals surface area contributed by atoms with Crippen molar-refractivity contribution in [2.75, 3.05) is 7.11 Å². The zero-order chi connectivity index (χ0) is 11.4. The number of aromatic nitrogens is 2. The summed E-state index contributed by atoms with van der Waals surface area (Å²) in [5.74, 6) is 0.889. The van der Waals surface area contributed by atoms with Crippen LogP contribution in [0, 0.1) is 6.92 Å². The van der Waals surface area contributed by atoms with Gasteiger partial charge in [-0.15, -0.1) is 0 Å². The maximum Gasteiger partial charge on any atom is 0.293 e. The fraction of sp³-hybridized carbons (Fsp3) is 0.273. The van der Waals surface area contributed by atoms with Gasteiger partial charge in [0.2, 0.25) is 5.16 Å². The number of thioether (sulfide) groups is 1. The van der Waals surface area contributed by atoms with Gasteiger partial charge < -0.3 is 4.74 Å². The number of rotatable bonds is 4. The van der Waals surface area contributed by atoms with Crippen LogP contribution in [0.3, 0.4) is 0 Å². The molecule has 16 heavy (non-hydrogen) atoms. The van der Waals surface area contributed by atoms with E-state index in [2.05, 4.69) is 40.5 Å². The van der Waals surface area contributed by atoms with Crippen molar-refractivity contribution in [3.05, 3.63) is 35.4 Å². The van der Waals surface area contributed by atoms with Gasteiger partial charge in [0.15, 0.2) is 0 Å². The first-order valence-electron chi connectivity index (χ1n) is 4.84. The van der Waals surface area contributed by atoms with Crippen molar-refractivity contribution in [1.29, 1.82) is 0 Å². The number of ether oxygens (including phenoxy) is 1. The van der Waals surface area contributed by atoms with Crippen LogP contribution in [-0.4, -0.2) is 16.5 Å². The highest BCUT2D eigenvalue weighted by atomic mass is 32.2.